The molecule has 0 radical (unpaired) electrons. The van der Waals surface area contributed by atoms with Crippen LogP contribution in [-0.2, 0) is 19.9 Å². The number of aryl methyl sites for hydroxylation is 3. The zero-order valence-corrected chi connectivity index (χ0v) is 11.1. The van der Waals surface area contributed by atoms with Crippen molar-refractivity contribution >= 4 is 10.9 Å². The summed E-state index contributed by atoms with van der Waals surface area (Å²) in [7, 11) is 1.84. The Kier molecular flexibility index (Phi) is 3.82. The minimum absolute atomic E-state index is 0.0974. The monoisotopic (exact) mass is 244 g/mol. The lowest BCUT2D eigenvalue weighted by Crippen LogP contribution is -2.21. The van der Waals surface area contributed by atoms with Gasteiger partial charge in [0, 0.05) is 12.6 Å². The third-order valence-electron chi connectivity index (χ3n) is 3.42. The largest absolute Gasteiger partial charge is 0.330 e. The molecule has 3 nitrogen and oxygen atoms in total. The molecule has 0 aliphatic rings. The fraction of sp³-hybridized carbons (Fsp3) is 0.400. The molecule has 1 aromatic heterocycles. The van der Waals surface area contributed by atoms with Crippen LogP contribution >= 0.6 is 0 Å². The van der Waals surface area contributed by atoms with Crippen LogP contribution in [0, 0.1) is 0 Å². The van der Waals surface area contributed by atoms with Crippen molar-refractivity contribution in [1.82, 2.24) is 4.57 Å². The van der Waals surface area contributed by atoms with Crippen LogP contribution in [0.4, 0.5) is 0 Å². The standard InChI is InChI=1S/C15H20N2O/c1-3-11-6-7-14-13(9-11)10-12(5-4-8-16)15(18)17(14)2/h6-7,9-10H,3-5,8,16H2,1-2H3. The summed E-state index contributed by atoms with van der Waals surface area (Å²) in [5, 5.41) is 1.14. The molecule has 0 bridgehead atoms. The van der Waals surface area contributed by atoms with E-state index in [9.17, 15) is 4.79 Å². The third-order valence-corrected chi connectivity index (χ3v) is 3.42. The number of aromatic nitrogens is 1. The van der Waals surface area contributed by atoms with Gasteiger partial charge < -0.3 is 10.3 Å². The first-order valence-corrected chi connectivity index (χ1v) is 6.49. The SMILES string of the molecule is CCc1ccc2c(c1)cc(CCCN)c(=O)n2C. The highest BCUT2D eigenvalue weighted by Gasteiger charge is 2.06. The fourth-order valence-corrected chi connectivity index (χ4v) is 2.29. The molecule has 0 fully saturated rings. The predicted molar refractivity (Wildman–Crippen MR) is 75.9 cm³/mol. The Morgan fingerprint density at radius 2 is 2.06 bits per heavy atom. The second-order valence-corrected chi connectivity index (χ2v) is 4.67. The number of rotatable bonds is 4. The summed E-state index contributed by atoms with van der Waals surface area (Å²) in [6.45, 7) is 2.76. The van der Waals surface area contributed by atoms with Crippen LogP contribution in [0.2, 0.25) is 0 Å². The summed E-state index contributed by atoms with van der Waals surface area (Å²) in [5.74, 6) is 0. The van der Waals surface area contributed by atoms with Gasteiger partial charge in [-0.15, -0.1) is 0 Å². The maximum Gasteiger partial charge on any atom is 0.253 e. The first kappa shape index (κ1) is 12.8. The molecule has 18 heavy (non-hydrogen) atoms. The van der Waals surface area contributed by atoms with Gasteiger partial charge in [0.2, 0.25) is 0 Å². The molecule has 0 aliphatic heterocycles. The van der Waals surface area contributed by atoms with E-state index in [2.05, 4.69) is 19.1 Å². The number of nitrogens with zero attached hydrogens (tertiary/aromatic N) is 1. The molecule has 0 spiro atoms. The molecule has 1 heterocycles. The smallest absolute Gasteiger partial charge is 0.253 e. The van der Waals surface area contributed by atoms with Crippen LogP contribution in [0.25, 0.3) is 10.9 Å². The van der Waals surface area contributed by atoms with E-state index in [-0.39, 0.29) is 5.56 Å². The Morgan fingerprint density at radius 3 is 2.72 bits per heavy atom. The Balaban J connectivity index is 2.60. The number of nitrogens with two attached hydrogens (primary N) is 1. The minimum Gasteiger partial charge on any atom is -0.330 e. The van der Waals surface area contributed by atoms with Gasteiger partial charge in [0.15, 0.2) is 0 Å². The van der Waals surface area contributed by atoms with E-state index >= 15 is 0 Å². The molecule has 2 rings (SSSR count). The van der Waals surface area contributed by atoms with Gasteiger partial charge in [-0.05, 0) is 55.0 Å². The van der Waals surface area contributed by atoms with E-state index in [0.29, 0.717) is 6.54 Å². The van der Waals surface area contributed by atoms with Gasteiger partial charge in [0.05, 0.1) is 5.52 Å². The molecule has 0 unspecified atom stereocenters. The average molecular weight is 244 g/mol. The van der Waals surface area contributed by atoms with E-state index in [0.717, 1.165) is 35.7 Å². The van der Waals surface area contributed by atoms with Crippen LogP contribution in [0.1, 0.15) is 24.5 Å². The molecule has 2 aromatic rings. The van der Waals surface area contributed by atoms with Gasteiger partial charge in [-0.25, -0.2) is 0 Å². The molecule has 2 N–H and O–H groups in total. The number of benzene rings is 1. The Hall–Kier alpha value is -1.61. The second-order valence-electron chi connectivity index (χ2n) is 4.67. The summed E-state index contributed by atoms with van der Waals surface area (Å²) in [5.41, 5.74) is 8.77. The van der Waals surface area contributed by atoms with Gasteiger partial charge in [-0.1, -0.05) is 13.0 Å². The number of hydrogen-bond acceptors (Lipinski definition) is 2. The van der Waals surface area contributed by atoms with E-state index < -0.39 is 0 Å². The molecule has 0 aliphatic carbocycles. The summed E-state index contributed by atoms with van der Waals surface area (Å²) < 4.78 is 1.74. The molecule has 3 heteroatoms. The van der Waals surface area contributed by atoms with Crippen LogP contribution in [0.15, 0.2) is 29.1 Å². The van der Waals surface area contributed by atoms with Crippen molar-refractivity contribution in [1.29, 1.82) is 0 Å². The van der Waals surface area contributed by atoms with Crippen LogP contribution in [-0.4, -0.2) is 11.1 Å². The Labute approximate surface area is 107 Å². The molecule has 1 aromatic carbocycles. The van der Waals surface area contributed by atoms with Crippen molar-refractivity contribution in [2.75, 3.05) is 6.54 Å². The first-order valence-electron chi connectivity index (χ1n) is 6.49. The van der Waals surface area contributed by atoms with Gasteiger partial charge in [-0.2, -0.15) is 0 Å². The van der Waals surface area contributed by atoms with Gasteiger partial charge >= 0.3 is 0 Å². The van der Waals surface area contributed by atoms with Crippen molar-refractivity contribution in [3.63, 3.8) is 0 Å². The Morgan fingerprint density at radius 1 is 1.28 bits per heavy atom. The fourth-order valence-electron chi connectivity index (χ4n) is 2.29. The molecule has 0 atom stereocenters. The second kappa shape index (κ2) is 5.36. The predicted octanol–water partition coefficient (Wildman–Crippen LogP) is 1.99. The molecule has 0 amide bonds. The minimum atomic E-state index is 0.0974. The number of pyridine rings is 1. The lowest BCUT2D eigenvalue weighted by molar-refractivity contribution is 0.799. The quantitative estimate of drug-likeness (QED) is 0.894. The van der Waals surface area contributed by atoms with Crippen molar-refractivity contribution in [2.24, 2.45) is 12.8 Å². The normalized spacial score (nSPS) is 11.1. The topological polar surface area (TPSA) is 48.0 Å². The van der Waals surface area contributed by atoms with Crippen molar-refractivity contribution in [3.05, 3.63) is 45.7 Å². The zero-order valence-electron chi connectivity index (χ0n) is 11.1. The lowest BCUT2D eigenvalue weighted by Gasteiger charge is -2.09. The highest BCUT2D eigenvalue weighted by atomic mass is 16.1. The Bertz CT molecular complexity index is 614. The first-order chi connectivity index (χ1) is 8.67. The van der Waals surface area contributed by atoms with Crippen LogP contribution in [0.3, 0.4) is 0 Å². The van der Waals surface area contributed by atoms with Crippen molar-refractivity contribution in [3.8, 4) is 0 Å². The highest BCUT2D eigenvalue weighted by Crippen LogP contribution is 2.16. The van der Waals surface area contributed by atoms with Gasteiger partial charge in [0.25, 0.3) is 5.56 Å². The lowest BCUT2D eigenvalue weighted by atomic mass is 10.0. The van der Waals surface area contributed by atoms with Gasteiger partial charge in [-0.3, -0.25) is 4.79 Å². The maximum atomic E-state index is 12.2. The molecular weight excluding hydrogens is 224 g/mol. The van der Waals surface area contributed by atoms with Crippen LogP contribution < -0.4 is 11.3 Å². The van der Waals surface area contributed by atoms with E-state index in [4.69, 9.17) is 5.73 Å². The van der Waals surface area contributed by atoms with E-state index in [1.165, 1.54) is 5.56 Å². The summed E-state index contributed by atoms with van der Waals surface area (Å²) in [6, 6.07) is 8.30. The maximum absolute atomic E-state index is 12.2. The van der Waals surface area contributed by atoms with Crippen molar-refractivity contribution < 1.29 is 0 Å². The zero-order chi connectivity index (χ0) is 13.1. The van der Waals surface area contributed by atoms with E-state index in [1.807, 2.05) is 19.2 Å². The summed E-state index contributed by atoms with van der Waals surface area (Å²) >= 11 is 0. The van der Waals surface area contributed by atoms with Crippen LogP contribution in [0.5, 0.6) is 0 Å². The highest BCUT2D eigenvalue weighted by molar-refractivity contribution is 5.80. The molecular formula is C15H20N2O. The van der Waals surface area contributed by atoms with Gasteiger partial charge in [0.1, 0.15) is 0 Å². The third kappa shape index (κ3) is 2.31. The van der Waals surface area contributed by atoms with E-state index in [1.54, 1.807) is 4.57 Å². The molecule has 0 saturated carbocycles. The number of fused-ring (bicyclic) bond motifs is 1. The average Bonchev–Trinajstić information content (AvgIpc) is 2.40. The molecule has 96 valence electrons. The summed E-state index contributed by atoms with van der Waals surface area (Å²) in [4.78, 5) is 12.2. The summed E-state index contributed by atoms with van der Waals surface area (Å²) in [6.07, 6.45) is 2.63. The number of hydrogen-bond donors (Lipinski definition) is 1. The molecule has 0 saturated heterocycles. The van der Waals surface area contributed by atoms with Crippen molar-refractivity contribution in [2.45, 2.75) is 26.2 Å².